The van der Waals surface area contributed by atoms with Crippen LogP contribution in [0.4, 0.5) is 13.6 Å². The Bertz CT molecular complexity index is 2250. The molecule has 2 N–H and O–H groups in total. The third-order valence-electron chi connectivity index (χ3n) is 20.3. The Morgan fingerprint density at radius 3 is 1.29 bits per heavy atom. The maximum Gasteiger partial charge on any atom is 1.00 e. The summed E-state index contributed by atoms with van der Waals surface area (Å²) in [4.78, 5) is 85.7. The van der Waals surface area contributed by atoms with Gasteiger partial charge in [-0.1, -0.05) is 64.8 Å². The fraction of sp³-hybridized carbons (Fsp3) is 0.727. The molecule has 8 fully saturated rings. The number of carboxylic acid groups (broad SMARTS) is 2. The van der Waals surface area contributed by atoms with Crippen LogP contribution in [0.3, 0.4) is 0 Å². The first kappa shape index (κ1) is 63.6. The van der Waals surface area contributed by atoms with Crippen molar-refractivity contribution in [3.63, 3.8) is 0 Å². The molecule has 6 saturated carbocycles. The molecule has 8 unspecified atom stereocenters. The topological polar surface area (TPSA) is 261 Å². The first-order valence-corrected chi connectivity index (χ1v) is 26.2. The van der Waals surface area contributed by atoms with Gasteiger partial charge in [-0.15, -0.1) is 0 Å². The summed E-state index contributed by atoms with van der Waals surface area (Å²) in [6.45, 7) is 9.94. The van der Waals surface area contributed by atoms with Crippen molar-refractivity contribution >= 4 is 41.6 Å². The summed E-state index contributed by atoms with van der Waals surface area (Å²) in [5.74, 6) is -2.85. The van der Waals surface area contributed by atoms with Crippen molar-refractivity contribution in [1.82, 2.24) is 0 Å². The number of halogens is 2. The second-order valence-corrected chi connectivity index (χ2v) is 23.3. The average molecular weight is 1120 g/mol. The van der Waals surface area contributed by atoms with Crippen LogP contribution in [-0.4, -0.2) is 114 Å². The third kappa shape index (κ3) is 10.6. The Labute approximate surface area is 527 Å². The molecule has 2 aliphatic heterocycles. The predicted molar refractivity (Wildman–Crippen MR) is 250 cm³/mol. The average Bonchev–Trinajstić information content (AvgIpc) is 4.11. The number of ketones is 2. The van der Waals surface area contributed by atoms with E-state index in [1.807, 2.05) is 39.8 Å². The molecule has 0 aromatic rings. The van der Waals surface area contributed by atoms with Gasteiger partial charge >= 0.3 is 127 Å². The summed E-state index contributed by atoms with van der Waals surface area (Å²) in [5, 5.41) is 37.1. The van der Waals surface area contributed by atoms with Gasteiger partial charge in [0.25, 0.3) is 0 Å². The van der Waals surface area contributed by atoms with E-state index in [4.69, 9.17) is 43.4 Å². The Balaban J connectivity index is 0.000000225. The van der Waals surface area contributed by atoms with Crippen molar-refractivity contribution in [2.75, 3.05) is 26.9 Å². The van der Waals surface area contributed by atoms with Crippen LogP contribution in [0.1, 0.15) is 119 Å². The number of hydrogen-bond donors (Lipinski definition) is 2. The smallest absolute Gasteiger partial charge is 0.652 e. The van der Waals surface area contributed by atoms with Gasteiger partial charge in [-0.3, -0.25) is 9.59 Å². The van der Waals surface area contributed by atoms with E-state index in [0.717, 1.165) is 38.5 Å². The van der Waals surface area contributed by atoms with E-state index in [2.05, 4.69) is 13.8 Å². The summed E-state index contributed by atoms with van der Waals surface area (Å²) >= 11 is 0. The van der Waals surface area contributed by atoms with Crippen LogP contribution in [0.15, 0.2) is 47.6 Å². The molecule has 18 atom stereocenters. The zero-order valence-electron chi connectivity index (χ0n) is 45.0. The minimum absolute atomic E-state index is 0. The quantitative estimate of drug-likeness (QED) is 0.158. The molecule has 21 heteroatoms. The van der Waals surface area contributed by atoms with Crippen LogP contribution in [0.2, 0.25) is 0 Å². The first-order valence-electron chi connectivity index (χ1n) is 26.2. The van der Waals surface area contributed by atoms with Gasteiger partial charge in [-0.2, -0.15) is 0 Å². The molecular weight excluding hydrogens is 1050 g/mol. The molecule has 0 aromatic heterocycles. The molecule has 0 aromatic carbocycles. The van der Waals surface area contributed by atoms with Crippen molar-refractivity contribution in [3.8, 4) is 0 Å². The Hall–Kier alpha value is -1.58. The summed E-state index contributed by atoms with van der Waals surface area (Å²) in [7, 11) is 0. The largest absolute Gasteiger partial charge is 1.00 e. The fourth-order valence-electron chi connectivity index (χ4n) is 16.8. The van der Waals surface area contributed by atoms with Crippen molar-refractivity contribution in [2.45, 2.75) is 154 Å². The Kier molecular flexibility index (Phi) is 20.5. The second-order valence-electron chi connectivity index (χ2n) is 23.3. The number of ether oxygens (including phenoxy) is 6. The Morgan fingerprint density at radius 1 is 0.618 bits per heavy atom. The van der Waals surface area contributed by atoms with Gasteiger partial charge in [-0.25, -0.2) is 28.0 Å². The van der Waals surface area contributed by atoms with E-state index >= 15 is 0 Å². The van der Waals surface area contributed by atoms with Gasteiger partial charge in [0, 0.05) is 33.5 Å². The van der Waals surface area contributed by atoms with E-state index < -0.39 is 102 Å². The van der Waals surface area contributed by atoms with Crippen LogP contribution in [0.5, 0.6) is 0 Å². The van der Waals surface area contributed by atoms with E-state index in [-0.39, 0.29) is 162 Å². The second kappa shape index (κ2) is 24.5. The number of aliphatic hydroxyl groups is 2. The summed E-state index contributed by atoms with van der Waals surface area (Å²) in [6, 6.07) is 0. The number of aliphatic hydroxyl groups excluding tert-OH is 2. The summed E-state index contributed by atoms with van der Waals surface area (Å²) in [5.41, 5.74) is -2.93. The number of rotatable bonds is 8. The summed E-state index contributed by atoms with van der Waals surface area (Å²) in [6.07, 6.45) is 12.3. The van der Waals surface area contributed by atoms with E-state index in [1.165, 1.54) is 11.1 Å². The third-order valence-corrected chi connectivity index (χ3v) is 20.3. The van der Waals surface area contributed by atoms with Crippen molar-refractivity contribution in [1.29, 1.82) is 0 Å². The van der Waals surface area contributed by atoms with Gasteiger partial charge < -0.3 is 53.6 Å². The molecule has 0 spiro atoms. The van der Waals surface area contributed by atoms with Gasteiger partial charge in [0.2, 0.25) is 24.9 Å². The molecular formula is C55H70F2K2O17. The molecule has 10 aliphatic rings. The molecule has 2 saturated heterocycles. The molecule has 76 heavy (non-hydrogen) atoms. The van der Waals surface area contributed by atoms with Crippen molar-refractivity contribution < 1.29 is 194 Å². The number of alkyl halides is 2. The predicted octanol–water partition coefficient (Wildman–Crippen LogP) is -1.55. The first-order chi connectivity index (χ1) is 34.9. The van der Waals surface area contributed by atoms with Gasteiger partial charge in [0.15, 0.2) is 23.8 Å². The van der Waals surface area contributed by atoms with E-state index in [9.17, 15) is 47.8 Å². The normalized spacial score (nSPS) is 43.0. The van der Waals surface area contributed by atoms with E-state index in [0.29, 0.717) is 50.4 Å². The van der Waals surface area contributed by atoms with Crippen LogP contribution in [0.25, 0.3) is 0 Å². The molecule has 8 aliphatic carbocycles. The molecule has 17 nitrogen and oxygen atoms in total. The van der Waals surface area contributed by atoms with Gasteiger partial charge in [0.1, 0.15) is 0 Å². The minimum atomic E-state index is -2.33. The maximum absolute atomic E-state index is 13.5. The van der Waals surface area contributed by atoms with E-state index in [1.54, 1.807) is 24.3 Å². The Morgan fingerprint density at radius 2 is 0.974 bits per heavy atom. The fourth-order valence-corrected chi connectivity index (χ4v) is 16.8. The zero-order chi connectivity index (χ0) is 53.9. The van der Waals surface area contributed by atoms with Crippen molar-refractivity contribution in [2.24, 2.45) is 69.0 Å². The number of carbonyl (C=O) groups excluding carboxylic acids is 7. The molecule has 10 rings (SSSR count). The number of fused-ring (bicyclic) bond motifs is 10. The molecule has 0 bridgehead atoms. The van der Waals surface area contributed by atoms with Crippen LogP contribution in [-0.2, 0) is 57.2 Å². The number of hydrogen-bond acceptors (Lipinski definition) is 17. The number of allylic oxidation sites excluding steroid dienone is 8. The van der Waals surface area contributed by atoms with Crippen molar-refractivity contribution in [3.05, 3.63) is 47.6 Å². The number of carbonyl (C=O) groups is 7. The minimum Gasteiger partial charge on any atom is -0.652 e. The SMILES string of the molecule is CC1CC2C3CCC4=CC(=O)C=C[C@]4(C)C3CC[C@]2(C)[C@@]1(OC(=O)[C@@H]1OCCC1O)C(=O)OCF.CC1CC2[C@H]3CCC4=CC(=O)C=C[C@]4(C)[C@@H]3CC[C@]2(C)[C@@]1(OC(=O)[C@@H]1OCCC1O)C(=O)OCF.O=C([O-])[O-].[K+].[K+]. The molecule has 2 heterocycles. The van der Waals surface area contributed by atoms with Gasteiger partial charge in [-0.05, 0) is 143 Å². The number of esters is 4. The summed E-state index contributed by atoms with van der Waals surface area (Å²) < 4.78 is 59.3. The van der Waals surface area contributed by atoms with Crippen LogP contribution < -0.4 is 113 Å². The molecule has 408 valence electrons. The van der Waals surface area contributed by atoms with Crippen LogP contribution in [0, 0.1) is 69.0 Å². The standard InChI is InChI=1S/2C27H35FO7.CH2O3.2K/c2*1-15-12-20-18-5-4-16-13-17(29)6-9-25(16,2)19(18)7-10-26(20,3)27(15,24(32)34-14-28)35-23(31)22-21(30)8-11-33-22;2-1(3)4;;/h2*6,9,13,15,18-22,30H,4-5,7-8,10-12,14H2,1-3H3;(H2,2,3,4);;/q;;;2*+1/p-2/t15?,18?,19?,20?,21?,22-,25+,26+,27+;15?,18-,19+,20?,21?,22+,25-,26-,27-;;;/m10.../s1. The zero-order valence-corrected chi connectivity index (χ0v) is 51.2. The van der Waals surface area contributed by atoms with Gasteiger partial charge in [0.05, 0.1) is 25.4 Å². The van der Waals surface area contributed by atoms with Crippen LogP contribution >= 0.6 is 0 Å². The monoisotopic (exact) mass is 1120 g/mol. The maximum atomic E-state index is 13.5. The molecule has 0 amide bonds. The molecule has 0 radical (unpaired) electrons.